The number of rotatable bonds is 3. The Labute approximate surface area is 173 Å². The number of nitrogens with one attached hydrogen (secondary N) is 1. The van der Waals surface area contributed by atoms with Gasteiger partial charge in [-0.2, -0.15) is 4.98 Å². The lowest BCUT2D eigenvalue weighted by molar-refractivity contribution is -0.132. The van der Waals surface area contributed by atoms with E-state index < -0.39 is 5.69 Å². The molecular formula is C20H16FN7O3. The zero-order chi connectivity index (χ0) is 21.7. The Kier molecular flexibility index (Phi) is 4.17. The van der Waals surface area contributed by atoms with Gasteiger partial charge in [0.05, 0.1) is 30.0 Å². The molecule has 0 saturated carbocycles. The zero-order valence-corrected chi connectivity index (χ0v) is 16.1. The summed E-state index contributed by atoms with van der Waals surface area (Å²) in [5, 5.41) is 2.98. The number of aromatic amines is 1. The number of hydrogen-bond donors (Lipinski definition) is 2. The molecule has 0 atom stereocenters. The number of amides is 1. The molecule has 0 radical (unpaired) electrons. The van der Waals surface area contributed by atoms with Gasteiger partial charge in [0.1, 0.15) is 18.2 Å². The number of carbonyl (C=O) groups excluding carboxylic acids is 1. The first-order valence-electron chi connectivity index (χ1n) is 9.39. The van der Waals surface area contributed by atoms with Crippen molar-refractivity contribution in [2.45, 2.75) is 19.6 Å². The van der Waals surface area contributed by atoms with Crippen molar-refractivity contribution >= 4 is 17.4 Å². The topological polar surface area (TPSA) is 131 Å². The van der Waals surface area contributed by atoms with E-state index in [1.54, 1.807) is 18.2 Å². The minimum atomic E-state index is -0.620. The summed E-state index contributed by atoms with van der Waals surface area (Å²) >= 11 is 0. The van der Waals surface area contributed by atoms with Crippen LogP contribution in [-0.4, -0.2) is 35.0 Å². The maximum Gasteiger partial charge on any atom is 0.349 e. The third-order valence-electron chi connectivity index (χ3n) is 5.19. The van der Waals surface area contributed by atoms with Crippen LogP contribution in [0.2, 0.25) is 0 Å². The third-order valence-corrected chi connectivity index (χ3v) is 5.19. The van der Waals surface area contributed by atoms with Crippen molar-refractivity contribution in [2.75, 3.05) is 5.73 Å². The normalized spacial score (nSPS) is 13.0. The lowest BCUT2D eigenvalue weighted by Gasteiger charge is -2.15. The smallest absolute Gasteiger partial charge is 0.349 e. The number of carbonyl (C=O) groups is 1. The van der Waals surface area contributed by atoms with Crippen molar-refractivity contribution in [3.05, 3.63) is 80.5 Å². The Morgan fingerprint density at radius 1 is 1.13 bits per heavy atom. The summed E-state index contributed by atoms with van der Waals surface area (Å²) in [6.07, 6.45) is 1.40. The van der Waals surface area contributed by atoms with Gasteiger partial charge in [-0.3, -0.25) is 19.3 Å². The number of halogens is 1. The van der Waals surface area contributed by atoms with Crippen LogP contribution in [0.4, 0.5) is 10.2 Å². The molecule has 156 valence electrons. The van der Waals surface area contributed by atoms with Crippen LogP contribution >= 0.6 is 0 Å². The maximum atomic E-state index is 13.2. The van der Waals surface area contributed by atoms with E-state index in [4.69, 9.17) is 5.73 Å². The fourth-order valence-electron chi connectivity index (χ4n) is 3.58. The molecule has 0 bridgehead atoms. The molecule has 1 aliphatic heterocycles. The van der Waals surface area contributed by atoms with Gasteiger partial charge in [-0.15, -0.1) is 0 Å². The standard InChI is InChI=1S/C20H16FN7O3/c21-12-3-1-11(2-4-12)14-7-17-23-15-9-27(8-13(15)19(30)28(17)25-14)18(29)10-26-6-5-16(22)24-20(26)31/h1-7,25H,8-10H2,(H2,22,24,31). The highest BCUT2D eigenvalue weighted by Gasteiger charge is 2.28. The van der Waals surface area contributed by atoms with E-state index in [1.807, 2.05) is 0 Å². The van der Waals surface area contributed by atoms with E-state index in [9.17, 15) is 18.8 Å². The predicted molar refractivity (Wildman–Crippen MR) is 108 cm³/mol. The van der Waals surface area contributed by atoms with Gasteiger partial charge in [0, 0.05) is 12.3 Å². The first-order valence-corrected chi connectivity index (χ1v) is 9.39. The number of nitrogens with zero attached hydrogens (tertiary/aromatic N) is 5. The molecular weight excluding hydrogens is 405 g/mol. The molecule has 0 aliphatic carbocycles. The SMILES string of the molecule is Nc1ccn(CC(=O)N2Cc3nc4cc(-c5ccc(F)cc5)[nH]n4c(=O)c3C2)c(=O)n1. The first kappa shape index (κ1) is 18.7. The van der Waals surface area contributed by atoms with E-state index >= 15 is 0 Å². The highest BCUT2D eigenvalue weighted by Crippen LogP contribution is 2.22. The molecule has 31 heavy (non-hydrogen) atoms. The molecule has 4 heterocycles. The van der Waals surface area contributed by atoms with Crippen molar-refractivity contribution < 1.29 is 9.18 Å². The van der Waals surface area contributed by atoms with Gasteiger partial charge >= 0.3 is 5.69 Å². The molecule has 0 unspecified atom stereocenters. The van der Waals surface area contributed by atoms with Gasteiger partial charge in [-0.1, -0.05) is 0 Å². The van der Waals surface area contributed by atoms with Crippen LogP contribution in [0.5, 0.6) is 0 Å². The molecule has 0 saturated heterocycles. The Bertz CT molecular complexity index is 1450. The largest absolute Gasteiger partial charge is 0.383 e. The van der Waals surface area contributed by atoms with Crippen LogP contribution in [-0.2, 0) is 24.4 Å². The predicted octanol–water partition coefficient (Wildman–Crippen LogP) is 0.510. The minimum absolute atomic E-state index is 0.0783. The summed E-state index contributed by atoms with van der Waals surface area (Å²) in [7, 11) is 0. The Balaban J connectivity index is 1.42. The second-order valence-corrected chi connectivity index (χ2v) is 7.23. The first-order chi connectivity index (χ1) is 14.9. The molecule has 1 amide bonds. The summed E-state index contributed by atoms with van der Waals surface area (Å²) in [6, 6.07) is 9.01. The molecule has 5 rings (SSSR count). The molecule has 3 N–H and O–H groups in total. The number of fused-ring (bicyclic) bond motifs is 2. The number of hydrogen-bond acceptors (Lipinski definition) is 6. The number of H-pyrrole nitrogens is 1. The zero-order valence-electron chi connectivity index (χ0n) is 16.1. The van der Waals surface area contributed by atoms with Gasteiger partial charge in [-0.25, -0.2) is 18.7 Å². The van der Waals surface area contributed by atoms with Crippen molar-refractivity contribution in [3.63, 3.8) is 0 Å². The van der Waals surface area contributed by atoms with Gasteiger partial charge in [0.2, 0.25) is 5.91 Å². The van der Waals surface area contributed by atoms with E-state index in [0.29, 0.717) is 28.2 Å². The molecule has 0 fully saturated rings. The number of anilines is 1. The third kappa shape index (κ3) is 3.25. The van der Waals surface area contributed by atoms with Crippen LogP contribution in [0.15, 0.2) is 52.2 Å². The van der Waals surface area contributed by atoms with Crippen molar-refractivity contribution in [3.8, 4) is 11.3 Å². The summed E-state index contributed by atoms with van der Waals surface area (Å²) < 4.78 is 15.6. The van der Waals surface area contributed by atoms with Gasteiger partial charge in [-0.05, 0) is 35.9 Å². The van der Waals surface area contributed by atoms with E-state index in [-0.39, 0.29) is 42.7 Å². The number of benzene rings is 1. The molecule has 3 aromatic heterocycles. The highest BCUT2D eigenvalue weighted by atomic mass is 19.1. The van der Waals surface area contributed by atoms with E-state index in [2.05, 4.69) is 15.1 Å². The van der Waals surface area contributed by atoms with Crippen LogP contribution < -0.4 is 17.0 Å². The summed E-state index contributed by atoms with van der Waals surface area (Å²) in [5.41, 5.74) is 7.18. The lowest BCUT2D eigenvalue weighted by Crippen LogP contribution is -2.34. The average Bonchev–Trinajstić information content (AvgIpc) is 3.36. The molecule has 1 aromatic carbocycles. The monoisotopic (exact) mass is 421 g/mol. The number of nitrogens with two attached hydrogens (primary N) is 1. The molecule has 0 spiro atoms. The van der Waals surface area contributed by atoms with Crippen LogP contribution in [0.1, 0.15) is 11.3 Å². The maximum absolute atomic E-state index is 13.2. The van der Waals surface area contributed by atoms with Crippen LogP contribution in [0.3, 0.4) is 0 Å². The molecule has 1 aliphatic rings. The fourth-order valence-corrected chi connectivity index (χ4v) is 3.58. The minimum Gasteiger partial charge on any atom is -0.383 e. The Morgan fingerprint density at radius 2 is 1.90 bits per heavy atom. The van der Waals surface area contributed by atoms with E-state index in [0.717, 1.165) is 4.57 Å². The summed E-state index contributed by atoms with van der Waals surface area (Å²) in [5.74, 6) is -0.614. The van der Waals surface area contributed by atoms with E-state index in [1.165, 1.54) is 33.8 Å². The number of nitrogen functional groups attached to an aromatic ring is 1. The average molecular weight is 421 g/mol. The Hall–Kier alpha value is -4.28. The summed E-state index contributed by atoms with van der Waals surface area (Å²) in [6.45, 7) is 0.0349. The second kappa shape index (κ2) is 6.90. The second-order valence-electron chi connectivity index (χ2n) is 7.23. The van der Waals surface area contributed by atoms with Crippen molar-refractivity contribution in [1.82, 2.24) is 29.0 Å². The van der Waals surface area contributed by atoms with Crippen LogP contribution in [0, 0.1) is 5.82 Å². The summed E-state index contributed by atoms with van der Waals surface area (Å²) in [4.78, 5) is 47.1. The Morgan fingerprint density at radius 3 is 2.65 bits per heavy atom. The number of aromatic nitrogens is 5. The quantitative estimate of drug-likeness (QED) is 0.496. The molecule has 11 heteroatoms. The van der Waals surface area contributed by atoms with Gasteiger partial charge < -0.3 is 10.6 Å². The van der Waals surface area contributed by atoms with Crippen molar-refractivity contribution in [2.24, 2.45) is 0 Å². The van der Waals surface area contributed by atoms with Gasteiger partial charge in [0.25, 0.3) is 5.56 Å². The molecule has 10 nitrogen and oxygen atoms in total. The van der Waals surface area contributed by atoms with Crippen LogP contribution in [0.25, 0.3) is 16.9 Å². The van der Waals surface area contributed by atoms with Gasteiger partial charge in [0.15, 0.2) is 5.65 Å². The molecule has 4 aromatic rings. The fraction of sp³-hybridized carbons (Fsp3) is 0.150. The van der Waals surface area contributed by atoms with Crippen molar-refractivity contribution in [1.29, 1.82) is 0 Å². The lowest BCUT2D eigenvalue weighted by atomic mass is 10.1. The highest BCUT2D eigenvalue weighted by molar-refractivity contribution is 5.76.